The minimum atomic E-state index is -0.525. The monoisotopic (exact) mass is 311 g/mol. The van der Waals surface area contributed by atoms with Crippen molar-refractivity contribution >= 4 is 29.1 Å². The maximum Gasteiger partial charge on any atom is 0.253 e. The molecule has 1 atom stereocenters. The van der Waals surface area contributed by atoms with Crippen LogP contribution < -0.4 is 10.6 Å². The average Bonchev–Trinajstić information content (AvgIpc) is 2.47. The SMILES string of the molecule is CN(CC(=O)Nc1cccc(Cl)c1)C(=O)C1CNCCO1. The number of rotatable bonds is 4. The van der Waals surface area contributed by atoms with Gasteiger partial charge in [0.25, 0.3) is 5.91 Å². The second kappa shape index (κ2) is 7.40. The minimum absolute atomic E-state index is 0.0365. The summed E-state index contributed by atoms with van der Waals surface area (Å²) in [5.41, 5.74) is 0.601. The van der Waals surface area contributed by atoms with Crippen molar-refractivity contribution in [2.24, 2.45) is 0 Å². The molecule has 1 heterocycles. The summed E-state index contributed by atoms with van der Waals surface area (Å²) < 4.78 is 5.37. The maximum absolute atomic E-state index is 12.1. The molecule has 0 saturated carbocycles. The van der Waals surface area contributed by atoms with Crippen molar-refractivity contribution in [1.29, 1.82) is 0 Å². The first-order valence-corrected chi connectivity index (χ1v) is 7.07. The third-order valence-electron chi connectivity index (χ3n) is 3.07. The van der Waals surface area contributed by atoms with Gasteiger partial charge in [0.1, 0.15) is 6.10 Å². The summed E-state index contributed by atoms with van der Waals surface area (Å²) in [6.45, 7) is 1.67. The number of likely N-dealkylation sites (N-methyl/N-ethyl adjacent to an activating group) is 1. The largest absolute Gasteiger partial charge is 0.366 e. The number of hydrogen-bond donors (Lipinski definition) is 2. The molecule has 2 rings (SSSR count). The van der Waals surface area contributed by atoms with Crippen LogP contribution in [0.15, 0.2) is 24.3 Å². The number of ether oxygens (including phenoxy) is 1. The Morgan fingerprint density at radius 2 is 2.33 bits per heavy atom. The molecule has 1 fully saturated rings. The van der Waals surface area contributed by atoms with Crippen molar-refractivity contribution in [2.75, 3.05) is 38.6 Å². The number of anilines is 1. The van der Waals surface area contributed by atoms with E-state index in [-0.39, 0.29) is 18.4 Å². The lowest BCUT2D eigenvalue weighted by atomic mass is 10.2. The topological polar surface area (TPSA) is 70.7 Å². The van der Waals surface area contributed by atoms with E-state index in [2.05, 4.69) is 10.6 Å². The Bertz CT molecular complexity index is 518. The summed E-state index contributed by atoms with van der Waals surface area (Å²) in [4.78, 5) is 25.4. The predicted octanol–water partition coefficient (Wildman–Crippen LogP) is 0.725. The maximum atomic E-state index is 12.1. The molecule has 1 aliphatic rings. The molecule has 1 aromatic carbocycles. The van der Waals surface area contributed by atoms with Crippen molar-refractivity contribution in [3.05, 3.63) is 29.3 Å². The van der Waals surface area contributed by atoms with Crippen molar-refractivity contribution < 1.29 is 14.3 Å². The van der Waals surface area contributed by atoms with Gasteiger partial charge in [0.2, 0.25) is 5.91 Å². The van der Waals surface area contributed by atoms with Gasteiger partial charge in [-0.25, -0.2) is 0 Å². The zero-order chi connectivity index (χ0) is 15.2. The predicted molar refractivity (Wildman–Crippen MR) is 80.3 cm³/mol. The van der Waals surface area contributed by atoms with Crippen LogP contribution >= 0.6 is 11.6 Å². The van der Waals surface area contributed by atoms with E-state index in [9.17, 15) is 9.59 Å². The van der Waals surface area contributed by atoms with Crippen molar-refractivity contribution in [1.82, 2.24) is 10.2 Å². The van der Waals surface area contributed by atoms with E-state index in [1.54, 1.807) is 31.3 Å². The van der Waals surface area contributed by atoms with Crippen LogP contribution in [0.1, 0.15) is 0 Å². The van der Waals surface area contributed by atoms with Gasteiger partial charge in [-0.2, -0.15) is 0 Å². The summed E-state index contributed by atoms with van der Waals surface area (Å²) >= 11 is 5.85. The molecule has 21 heavy (non-hydrogen) atoms. The highest BCUT2D eigenvalue weighted by Crippen LogP contribution is 2.14. The van der Waals surface area contributed by atoms with Gasteiger partial charge in [-0.1, -0.05) is 17.7 Å². The van der Waals surface area contributed by atoms with Gasteiger partial charge in [0.15, 0.2) is 0 Å². The van der Waals surface area contributed by atoms with Crippen molar-refractivity contribution in [3.8, 4) is 0 Å². The van der Waals surface area contributed by atoms with E-state index in [0.29, 0.717) is 23.9 Å². The van der Waals surface area contributed by atoms with Crippen LogP contribution in [0, 0.1) is 0 Å². The van der Waals surface area contributed by atoms with E-state index in [0.717, 1.165) is 6.54 Å². The number of hydrogen-bond acceptors (Lipinski definition) is 4. The fourth-order valence-corrected chi connectivity index (χ4v) is 2.22. The third-order valence-corrected chi connectivity index (χ3v) is 3.30. The van der Waals surface area contributed by atoms with Crippen molar-refractivity contribution in [2.45, 2.75) is 6.10 Å². The fourth-order valence-electron chi connectivity index (χ4n) is 2.03. The minimum Gasteiger partial charge on any atom is -0.366 e. The zero-order valence-corrected chi connectivity index (χ0v) is 12.5. The van der Waals surface area contributed by atoms with Crippen LogP contribution in [0.5, 0.6) is 0 Å². The molecule has 0 spiro atoms. The van der Waals surface area contributed by atoms with Crippen LogP contribution in [0.25, 0.3) is 0 Å². The van der Waals surface area contributed by atoms with E-state index in [1.807, 2.05) is 0 Å². The quantitative estimate of drug-likeness (QED) is 0.860. The number of nitrogens with zero attached hydrogens (tertiary/aromatic N) is 1. The second-order valence-electron chi connectivity index (χ2n) is 4.82. The molecular formula is C14H18ClN3O3. The molecule has 0 bridgehead atoms. The van der Waals surface area contributed by atoms with E-state index in [4.69, 9.17) is 16.3 Å². The Hall–Kier alpha value is -1.63. The third kappa shape index (κ3) is 4.70. The molecule has 0 aromatic heterocycles. The first kappa shape index (κ1) is 15.8. The van der Waals surface area contributed by atoms with Gasteiger partial charge in [0, 0.05) is 30.8 Å². The van der Waals surface area contributed by atoms with Crippen LogP contribution in [0.2, 0.25) is 5.02 Å². The number of benzene rings is 1. The summed E-state index contributed by atoms with van der Waals surface area (Å²) in [5, 5.41) is 6.32. The van der Waals surface area contributed by atoms with Crippen LogP contribution in [-0.2, 0) is 14.3 Å². The van der Waals surface area contributed by atoms with Gasteiger partial charge in [0.05, 0.1) is 13.2 Å². The molecule has 1 saturated heterocycles. The molecule has 0 aliphatic carbocycles. The number of amides is 2. The van der Waals surface area contributed by atoms with Gasteiger partial charge in [-0.15, -0.1) is 0 Å². The normalized spacial score (nSPS) is 18.1. The lowest BCUT2D eigenvalue weighted by molar-refractivity contribution is -0.145. The average molecular weight is 312 g/mol. The molecule has 0 radical (unpaired) electrons. The molecule has 1 aliphatic heterocycles. The zero-order valence-electron chi connectivity index (χ0n) is 11.8. The van der Waals surface area contributed by atoms with Crippen LogP contribution in [-0.4, -0.2) is 56.1 Å². The fraction of sp³-hybridized carbons (Fsp3) is 0.429. The Labute approximate surface area is 128 Å². The summed E-state index contributed by atoms with van der Waals surface area (Å²) in [6, 6.07) is 6.85. The van der Waals surface area contributed by atoms with Crippen LogP contribution in [0.3, 0.4) is 0 Å². The Kier molecular flexibility index (Phi) is 5.55. The highest BCUT2D eigenvalue weighted by atomic mass is 35.5. The van der Waals surface area contributed by atoms with Crippen molar-refractivity contribution in [3.63, 3.8) is 0 Å². The molecule has 6 nitrogen and oxygen atoms in total. The molecule has 1 aromatic rings. The number of nitrogens with one attached hydrogen (secondary N) is 2. The first-order chi connectivity index (χ1) is 10.1. The molecule has 2 N–H and O–H groups in total. The molecule has 7 heteroatoms. The van der Waals surface area contributed by atoms with Gasteiger partial charge < -0.3 is 20.3 Å². The number of halogens is 1. The lowest BCUT2D eigenvalue weighted by Crippen LogP contribution is -2.49. The van der Waals surface area contributed by atoms with E-state index < -0.39 is 6.10 Å². The number of carbonyl (C=O) groups excluding carboxylic acids is 2. The summed E-state index contributed by atoms with van der Waals surface area (Å²) in [6.07, 6.45) is -0.525. The summed E-state index contributed by atoms with van der Waals surface area (Å²) in [7, 11) is 1.58. The number of morpholine rings is 1. The highest BCUT2D eigenvalue weighted by molar-refractivity contribution is 6.30. The van der Waals surface area contributed by atoms with Gasteiger partial charge in [-0.3, -0.25) is 9.59 Å². The Balaban J connectivity index is 1.85. The lowest BCUT2D eigenvalue weighted by Gasteiger charge is -2.26. The molecule has 1 unspecified atom stereocenters. The molecule has 114 valence electrons. The van der Waals surface area contributed by atoms with E-state index >= 15 is 0 Å². The molecular weight excluding hydrogens is 294 g/mol. The van der Waals surface area contributed by atoms with Gasteiger partial charge >= 0.3 is 0 Å². The Morgan fingerprint density at radius 3 is 3.00 bits per heavy atom. The highest BCUT2D eigenvalue weighted by Gasteiger charge is 2.25. The molecule has 2 amide bonds. The second-order valence-corrected chi connectivity index (χ2v) is 5.25. The first-order valence-electron chi connectivity index (χ1n) is 6.69. The summed E-state index contributed by atoms with van der Waals surface area (Å²) in [5.74, 6) is -0.486. The number of carbonyl (C=O) groups is 2. The standard InChI is InChI=1S/C14H18ClN3O3/c1-18(14(20)12-8-16-5-6-21-12)9-13(19)17-11-4-2-3-10(15)7-11/h2-4,7,12,16H,5-6,8-9H2,1H3,(H,17,19). The van der Waals surface area contributed by atoms with E-state index in [1.165, 1.54) is 4.90 Å². The smallest absolute Gasteiger partial charge is 0.253 e. The van der Waals surface area contributed by atoms with Crippen LogP contribution in [0.4, 0.5) is 5.69 Å². The van der Waals surface area contributed by atoms with Gasteiger partial charge in [-0.05, 0) is 18.2 Å². The Morgan fingerprint density at radius 1 is 1.52 bits per heavy atom.